The van der Waals surface area contributed by atoms with E-state index in [-0.39, 0.29) is 12.6 Å². The number of aliphatic hydroxyl groups excluding tert-OH is 1. The molecule has 3 heterocycles. The standard InChI is InChI=1S/C24H30N2O3/c1-24(2,26(23(28)29)22-15-25-13-11-20(22)12-14-25)21-9-7-19(8-10-21)18-5-3-17(16-27)4-6-18/h3-10,20,22,27H,11-16H2,1-2H3,(H,28,29). The topological polar surface area (TPSA) is 64.0 Å². The second-order valence-corrected chi connectivity index (χ2v) is 8.85. The second-order valence-electron chi connectivity index (χ2n) is 8.85. The summed E-state index contributed by atoms with van der Waals surface area (Å²) in [6.07, 6.45) is 1.35. The number of aliphatic hydroxyl groups is 1. The predicted octanol–water partition coefficient (Wildman–Crippen LogP) is 4.16. The van der Waals surface area contributed by atoms with Crippen LogP contribution in [0.5, 0.6) is 0 Å². The summed E-state index contributed by atoms with van der Waals surface area (Å²) in [5.74, 6) is 0.458. The van der Waals surface area contributed by atoms with Crippen molar-refractivity contribution in [1.29, 1.82) is 0 Å². The van der Waals surface area contributed by atoms with E-state index in [0.29, 0.717) is 5.92 Å². The smallest absolute Gasteiger partial charge is 0.408 e. The summed E-state index contributed by atoms with van der Waals surface area (Å²) < 4.78 is 0. The molecular weight excluding hydrogens is 364 g/mol. The molecule has 1 atom stereocenters. The molecule has 154 valence electrons. The summed E-state index contributed by atoms with van der Waals surface area (Å²) in [6.45, 7) is 7.11. The van der Waals surface area contributed by atoms with Gasteiger partial charge < -0.3 is 15.1 Å². The van der Waals surface area contributed by atoms with E-state index >= 15 is 0 Å². The maximum absolute atomic E-state index is 12.3. The minimum absolute atomic E-state index is 0.0397. The lowest BCUT2D eigenvalue weighted by Crippen LogP contribution is -2.62. The van der Waals surface area contributed by atoms with E-state index in [9.17, 15) is 15.0 Å². The minimum Gasteiger partial charge on any atom is -0.465 e. The van der Waals surface area contributed by atoms with E-state index in [1.807, 2.05) is 50.2 Å². The molecule has 1 unspecified atom stereocenters. The first-order valence-corrected chi connectivity index (χ1v) is 10.5. The van der Waals surface area contributed by atoms with Crippen LogP contribution in [-0.2, 0) is 12.1 Å². The number of hydrogen-bond donors (Lipinski definition) is 2. The number of rotatable bonds is 5. The largest absolute Gasteiger partial charge is 0.465 e. The highest BCUT2D eigenvalue weighted by molar-refractivity contribution is 5.68. The summed E-state index contributed by atoms with van der Waals surface area (Å²) >= 11 is 0. The second kappa shape index (κ2) is 7.81. The van der Waals surface area contributed by atoms with Gasteiger partial charge in [-0.1, -0.05) is 48.5 Å². The fraction of sp³-hybridized carbons (Fsp3) is 0.458. The maximum atomic E-state index is 12.3. The first kappa shape index (κ1) is 19.9. The SMILES string of the molecule is CC(C)(c1ccc(-c2ccc(CO)cc2)cc1)N(C(=O)O)C1CN2CCC1CC2. The zero-order chi connectivity index (χ0) is 20.6. The molecular formula is C24H30N2O3. The highest BCUT2D eigenvalue weighted by Gasteiger charge is 2.45. The molecule has 2 aromatic rings. The monoisotopic (exact) mass is 394 g/mol. The number of nitrogens with zero attached hydrogens (tertiary/aromatic N) is 2. The molecule has 3 aliphatic rings. The van der Waals surface area contributed by atoms with Gasteiger partial charge >= 0.3 is 6.09 Å². The third-order valence-corrected chi connectivity index (χ3v) is 6.82. The lowest BCUT2D eigenvalue weighted by Gasteiger charge is -2.52. The normalized spacial score (nSPS) is 23.8. The number of amides is 1. The van der Waals surface area contributed by atoms with Crippen molar-refractivity contribution in [1.82, 2.24) is 9.80 Å². The number of carbonyl (C=O) groups is 1. The predicted molar refractivity (Wildman–Crippen MR) is 114 cm³/mol. The van der Waals surface area contributed by atoms with Crippen LogP contribution in [0.4, 0.5) is 4.79 Å². The quantitative estimate of drug-likeness (QED) is 0.799. The average molecular weight is 395 g/mol. The molecule has 2 N–H and O–H groups in total. The molecule has 0 aliphatic carbocycles. The summed E-state index contributed by atoms with van der Waals surface area (Å²) in [7, 11) is 0. The van der Waals surface area contributed by atoms with Gasteiger partial charge in [-0.3, -0.25) is 4.90 Å². The number of benzene rings is 2. The molecule has 2 bridgehead atoms. The molecule has 3 saturated heterocycles. The van der Waals surface area contributed by atoms with Gasteiger partial charge in [0.1, 0.15) is 0 Å². The molecule has 5 nitrogen and oxygen atoms in total. The van der Waals surface area contributed by atoms with Crippen LogP contribution >= 0.6 is 0 Å². The molecule has 5 heteroatoms. The number of hydrogen-bond acceptors (Lipinski definition) is 3. The molecule has 29 heavy (non-hydrogen) atoms. The maximum Gasteiger partial charge on any atom is 0.408 e. The van der Waals surface area contributed by atoms with Crippen LogP contribution in [0, 0.1) is 5.92 Å². The van der Waals surface area contributed by atoms with Crippen LogP contribution in [0.15, 0.2) is 48.5 Å². The van der Waals surface area contributed by atoms with Gasteiger partial charge in [-0.25, -0.2) is 4.79 Å². The number of piperidine rings is 3. The van der Waals surface area contributed by atoms with Gasteiger partial charge in [-0.2, -0.15) is 0 Å². The first-order chi connectivity index (χ1) is 13.9. The molecule has 3 aliphatic heterocycles. The first-order valence-electron chi connectivity index (χ1n) is 10.5. The van der Waals surface area contributed by atoms with Crippen molar-refractivity contribution in [2.45, 2.75) is 44.9 Å². The van der Waals surface area contributed by atoms with Gasteiger partial charge in [0.25, 0.3) is 0 Å². The van der Waals surface area contributed by atoms with Crippen molar-refractivity contribution in [3.63, 3.8) is 0 Å². The van der Waals surface area contributed by atoms with Crippen LogP contribution in [0.1, 0.15) is 37.8 Å². The van der Waals surface area contributed by atoms with Gasteiger partial charge in [0.2, 0.25) is 0 Å². The molecule has 0 saturated carbocycles. The van der Waals surface area contributed by atoms with Gasteiger partial charge in [0.15, 0.2) is 0 Å². The van der Waals surface area contributed by atoms with Gasteiger partial charge in [0.05, 0.1) is 18.2 Å². The summed E-state index contributed by atoms with van der Waals surface area (Å²) in [6, 6.07) is 16.1. The van der Waals surface area contributed by atoms with Crippen molar-refractivity contribution < 1.29 is 15.0 Å². The average Bonchev–Trinajstić information content (AvgIpc) is 2.74. The molecule has 0 radical (unpaired) electrons. The lowest BCUT2D eigenvalue weighted by atomic mass is 9.80. The van der Waals surface area contributed by atoms with Gasteiger partial charge in [0, 0.05) is 6.54 Å². The fourth-order valence-corrected chi connectivity index (χ4v) is 5.03. The van der Waals surface area contributed by atoms with Crippen molar-refractivity contribution in [2.75, 3.05) is 19.6 Å². The van der Waals surface area contributed by atoms with Crippen molar-refractivity contribution in [2.24, 2.45) is 5.92 Å². The third-order valence-electron chi connectivity index (χ3n) is 6.82. The number of fused-ring (bicyclic) bond motifs is 3. The summed E-state index contributed by atoms with van der Waals surface area (Å²) in [4.78, 5) is 16.4. The Morgan fingerprint density at radius 3 is 2.03 bits per heavy atom. The molecule has 0 aromatic heterocycles. The summed E-state index contributed by atoms with van der Waals surface area (Å²) in [5.41, 5.74) is 3.46. The minimum atomic E-state index is -0.836. The highest BCUT2D eigenvalue weighted by atomic mass is 16.4. The molecule has 3 fully saturated rings. The lowest BCUT2D eigenvalue weighted by molar-refractivity contribution is -0.0289. The third kappa shape index (κ3) is 3.77. The Labute approximate surface area is 172 Å². The van der Waals surface area contributed by atoms with E-state index in [4.69, 9.17) is 0 Å². The number of carboxylic acid groups (broad SMARTS) is 1. The Balaban J connectivity index is 1.60. The van der Waals surface area contributed by atoms with Crippen LogP contribution in [0.2, 0.25) is 0 Å². The van der Waals surface area contributed by atoms with E-state index in [0.717, 1.165) is 54.7 Å². The van der Waals surface area contributed by atoms with Crippen molar-refractivity contribution in [3.8, 4) is 11.1 Å². The fourth-order valence-electron chi connectivity index (χ4n) is 5.03. The van der Waals surface area contributed by atoms with Crippen LogP contribution < -0.4 is 0 Å². The zero-order valence-corrected chi connectivity index (χ0v) is 17.2. The van der Waals surface area contributed by atoms with Crippen molar-refractivity contribution >= 4 is 6.09 Å². The van der Waals surface area contributed by atoms with Crippen molar-refractivity contribution in [3.05, 3.63) is 59.7 Å². The Morgan fingerprint density at radius 2 is 1.59 bits per heavy atom. The van der Waals surface area contributed by atoms with Crippen LogP contribution in [0.3, 0.4) is 0 Å². The molecule has 2 aromatic carbocycles. The van der Waals surface area contributed by atoms with Gasteiger partial charge in [-0.15, -0.1) is 0 Å². The Bertz CT molecular complexity index is 853. The van der Waals surface area contributed by atoms with Crippen LogP contribution in [-0.4, -0.2) is 51.8 Å². The molecule has 0 spiro atoms. The van der Waals surface area contributed by atoms with E-state index in [2.05, 4.69) is 17.0 Å². The summed E-state index contributed by atoms with van der Waals surface area (Å²) in [5, 5.41) is 19.3. The Hall–Kier alpha value is -2.37. The van der Waals surface area contributed by atoms with E-state index in [1.165, 1.54) is 0 Å². The van der Waals surface area contributed by atoms with E-state index in [1.54, 1.807) is 4.90 Å². The molecule has 5 rings (SSSR count). The Morgan fingerprint density at radius 1 is 1.03 bits per heavy atom. The van der Waals surface area contributed by atoms with Gasteiger partial charge in [-0.05, 0) is 68.0 Å². The highest BCUT2D eigenvalue weighted by Crippen LogP contribution is 2.38. The molecule has 1 amide bonds. The Kier molecular flexibility index (Phi) is 5.36. The van der Waals surface area contributed by atoms with E-state index < -0.39 is 11.6 Å². The van der Waals surface area contributed by atoms with Crippen LogP contribution in [0.25, 0.3) is 11.1 Å². The zero-order valence-electron chi connectivity index (χ0n) is 17.2.